The Morgan fingerprint density at radius 3 is 2.43 bits per heavy atom. The predicted molar refractivity (Wildman–Crippen MR) is 83.8 cm³/mol. The maximum absolute atomic E-state index is 13.4. The second-order valence-electron chi connectivity index (χ2n) is 6.13. The van der Waals surface area contributed by atoms with Gasteiger partial charge in [0.05, 0.1) is 0 Å². The van der Waals surface area contributed by atoms with E-state index in [1.54, 1.807) is 6.07 Å². The van der Waals surface area contributed by atoms with Gasteiger partial charge < -0.3 is 10.1 Å². The number of hydrogen-bond donors (Lipinski definition) is 1. The molecule has 1 N–H and O–H groups in total. The molecule has 0 amide bonds. The molecule has 0 spiro atoms. The first-order chi connectivity index (χ1) is 9.94. The molecule has 2 aromatic rings. The van der Waals surface area contributed by atoms with Gasteiger partial charge in [-0.2, -0.15) is 0 Å². The maximum atomic E-state index is 13.4. The molecule has 0 bridgehead atoms. The molecule has 0 aliphatic heterocycles. The molecule has 0 fully saturated rings. The largest absolute Gasteiger partial charge is 0.489 e. The van der Waals surface area contributed by atoms with E-state index in [0.29, 0.717) is 13.2 Å². The van der Waals surface area contributed by atoms with E-state index in [9.17, 15) is 4.39 Å². The molecule has 2 rings (SSSR count). The van der Waals surface area contributed by atoms with Gasteiger partial charge in [-0.05, 0) is 44.5 Å². The Labute approximate surface area is 126 Å². The molecule has 2 aromatic carbocycles. The lowest BCUT2D eigenvalue weighted by Gasteiger charge is -2.21. The summed E-state index contributed by atoms with van der Waals surface area (Å²) in [5.41, 5.74) is 1.90. The SMILES string of the molecule is CC(C)(C)NCc1cc(F)ccc1OCc1ccccc1. The van der Waals surface area contributed by atoms with Crippen molar-refractivity contribution >= 4 is 0 Å². The van der Waals surface area contributed by atoms with Crippen LogP contribution in [0.2, 0.25) is 0 Å². The van der Waals surface area contributed by atoms with Crippen molar-refractivity contribution in [3.8, 4) is 5.75 Å². The quantitative estimate of drug-likeness (QED) is 0.885. The summed E-state index contributed by atoms with van der Waals surface area (Å²) in [7, 11) is 0. The third-order valence-electron chi connectivity index (χ3n) is 3.07. The Morgan fingerprint density at radius 2 is 1.76 bits per heavy atom. The molecule has 0 heterocycles. The number of hydrogen-bond acceptors (Lipinski definition) is 2. The lowest BCUT2D eigenvalue weighted by molar-refractivity contribution is 0.299. The van der Waals surface area contributed by atoms with Crippen LogP contribution >= 0.6 is 0 Å². The fourth-order valence-electron chi connectivity index (χ4n) is 1.92. The predicted octanol–water partition coefficient (Wildman–Crippen LogP) is 4.29. The zero-order chi connectivity index (χ0) is 15.3. The van der Waals surface area contributed by atoms with Gasteiger partial charge in [-0.3, -0.25) is 0 Å². The first-order valence-electron chi connectivity index (χ1n) is 7.14. The molecule has 21 heavy (non-hydrogen) atoms. The molecule has 0 atom stereocenters. The van der Waals surface area contributed by atoms with Crippen LogP contribution in [0, 0.1) is 5.82 Å². The number of rotatable bonds is 5. The lowest BCUT2D eigenvalue weighted by Crippen LogP contribution is -2.35. The van der Waals surface area contributed by atoms with Crippen LogP contribution in [0.15, 0.2) is 48.5 Å². The fraction of sp³-hybridized carbons (Fsp3) is 0.333. The van der Waals surface area contributed by atoms with E-state index in [4.69, 9.17) is 4.74 Å². The van der Waals surface area contributed by atoms with Crippen molar-refractivity contribution < 1.29 is 9.13 Å². The van der Waals surface area contributed by atoms with Gasteiger partial charge in [0.1, 0.15) is 18.2 Å². The highest BCUT2D eigenvalue weighted by atomic mass is 19.1. The van der Waals surface area contributed by atoms with Crippen LogP contribution in [0.1, 0.15) is 31.9 Å². The van der Waals surface area contributed by atoms with E-state index in [1.807, 2.05) is 30.3 Å². The summed E-state index contributed by atoms with van der Waals surface area (Å²) in [5, 5.41) is 3.36. The van der Waals surface area contributed by atoms with Crippen LogP contribution in [-0.4, -0.2) is 5.54 Å². The first-order valence-corrected chi connectivity index (χ1v) is 7.14. The van der Waals surface area contributed by atoms with E-state index < -0.39 is 0 Å². The topological polar surface area (TPSA) is 21.3 Å². The van der Waals surface area contributed by atoms with Crippen molar-refractivity contribution in [2.24, 2.45) is 0 Å². The number of benzene rings is 2. The van der Waals surface area contributed by atoms with Crippen LogP contribution in [0.25, 0.3) is 0 Å². The molecule has 0 aliphatic rings. The Morgan fingerprint density at radius 1 is 1.05 bits per heavy atom. The molecule has 0 unspecified atom stereocenters. The highest BCUT2D eigenvalue weighted by Gasteiger charge is 2.12. The summed E-state index contributed by atoms with van der Waals surface area (Å²) in [4.78, 5) is 0. The Kier molecular flexibility index (Phi) is 4.97. The summed E-state index contributed by atoms with van der Waals surface area (Å²) < 4.78 is 19.3. The normalized spacial score (nSPS) is 11.4. The van der Waals surface area contributed by atoms with Crippen LogP contribution in [0.3, 0.4) is 0 Å². The highest BCUT2D eigenvalue weighted by Crippen LogP contribution is 2.21. The minimum Gasteiger partial charge on any atom is -0.489 e. The van der Waals surface area contributed by atoms with E-state index in [1.165, 1.54) is 12.1 Å². The zero-order valence-electron chi connectivity index (χ0n) is 12.8. The molecular weight excluding hydrogens is 265 g/mol. The van der Waals surface area contributed by atoms with Crippen molar-refractivity contribution in [3.63, 3.8) is 0 Å². The number of ether oxygens (including phenoxy) is 1. The smallest absolute Gasteiger partial charge is 0.124 e. The van der Waals surface area contributed by atoms with E-state index in [2.05, 4.69) is 26.1 Å². The summed E-state index contributed by atoms with van der Waals surface area (Å²) >= 11 is 0. The van der Waals surface area contributed by atoms with E-state index in [-0.39, 0.29) is 11.4 Å². The van der Waals surface area contributed by atoms with Crippen LogP contribution in [0.4, 0.5) is 4.39 Å². The monoisotopic (exact) mass is 287 g/mol. The third kappa shape index (κ3) is 5.20. The van der Waals surface area contributed by atoms with Gasteiger partial charge in [0.2, 0.25) is 0 Å². The molecule has 0 saturated carbocycles. The zero-order valence-corrected chi connectivity index (χ0v) is 12.8. The standard InChI is InChI=1S/C18H22FNO/c1-18(2,3)20-12-15-11-16(19)9-10-17(15)21-13-14-7-5-4-6-8-14/h4-11,20H,12-13H2,1-3H3. The molecular formula is C18H22FNO. The Bertz CT molecular complexity index is 576. The maximum Gasteiger partial charge on any atom is 0.124 e. The van der Waals surface area contributed by atoms with Gasteiger partial charge in [0.25, 0.3) is 0 Å². The van der Waals surface area contributed by atoms with Crippen LogP contribution in [0.5, 0.6) is 5.75 Å². The highest BCUT2D eigenvalue weighted by molar-refractivity contribution is 5.34. The third-order valence-corrected chi connectivity index (χ3v) is 3.07. The average molecular weight is 287 g/mol. The van der Waals surface area contributed by atoms with Gasteiger partial charge in [0, 0.05) is 17.6 Å². The Balaban J connectivity index is 2.07. The van der Waals surface area contributed by atoms with Crippen molar-refractivity contribution in [3.05, 3.63) is 65.5 Å². The summed E-state index contributed by atoms with van der Waals surface area (Å²) in [6.45, 7) is 7.30. The van der Waals surface area contributed by atoms with Crippen molar-refractivity contribution in [2.75, 3.05) is 0 Å². The fourth-order valence-corrected chi connectivity index (χ4v) is 1.92. The summed E-state index contributed by atoms with van der Waals surface area (Å²) in [6.07, 6.45) is 0. The van der Waals surface area contributed by atoms with Crippen molar-refractivity contribution in [2.45, 2.75) is 39.5 Å². The Hall–Kier alpha value is -1.87. The van der Waals surface area contributed by atoms with Crippen LogP contribution < -0.4 is 10.1 Å². The van der Waals surface area contributed by atoms with Gasteiger partial charge >= 0.3 is 0 Å². The van der Waals surface area contributed by atoms with Crippen LogP contribution in [-0.2, 0) is 13.2 Å². The van der Waals surface area contributed by atoms with Gasteiger partial charge in [-0.25, -0.2) is 4.39 Å². The molecule has 3 heteroatoms. The minimum absolute atomic E-state index is 0.0248. The second kappa shape index (κ2) is 6.72. The average Bonchev–Trinajstić information content (AvgIpc) is 2.44. The van der Waals surface area contributed by atoms with Gasteiger partial charge in [-0.1, -0.05) is 30.3 Å². The van der Waals surface area contributed by atoms with Crippen molar-refractivity contribution in [1.29, 1.82) is 0 Å². The molecule has 0 aromatic heterocycles. The number of nitrogens with one attached hydrogen (secondary N) is 1. The second-order valence-corrected chi connectivity index (χ2v) is 6.13. The van der Waals surface area contributed by atoms with Crippen molar-refractivity contribution in [1.82, 2.24) is 5.32 Å². The lowest BCUT2D eigenvalue weighted by atomic mass is 10.1. The molecule has 0 radical (unpaired) electrons. The van der Waals surface area contributed by atoms with Gasteiger partial charge in [-0.15, -0.1) is 0 Å². The van der Waals surface area contributed by atoms with E-state index >= 15 is 0 Å². The van der Waals surface area contributed by atoms with Gasteiger partial charge in [0.15, 0.2) is 0 Å². The number of halogens is 1. The summed E-state index contributed by atoms with van der Waals surface area (Å²) in [5.74, 6) is 0.477. The molecule has 0 aliphatic carbocycles. The van der Waals surface area contributed by atoms with E-state index in [0.717, 1.165) is 16.9 Å². The molecule has 112 valence electrons. The minimum atomic E-state index is -0.243. The molecule has 2 nitrogen and oxygen atoms in total. The molecule has 0 saturated heterocycles. The summed E-state index contributed by atoms with van der Waals surface area (Å²) in [6, 6.07) is 14.6. The first kappa shape index (κ1) is 15.5.